The summed E-state index contributed by atoms with van der Waals surface area (Å²) >= 11 is 0. The third-order valence-electron chi connectivity index (χ3n) is 4.37. The quantitative estimate of drug-likeness (QED) is 0.113. The third kappa shape index (κ3) is 3.66. The van der Waals surface area contributed by atoms with Gasteiger partial charge in [-0.2, -0.15) is 0 Å². The highest BCUT2D eigenvalue weighted by molar-refractivity contribution is 6.24. The van der Waals surface area contributed by atoms with E-state index in [0.717, 1.165) is 6.20 Å². The number of ketones is 1. The number of nitrogens with zero attached hydrogens (tertiary/aromatic N) is 1. The van der Waals surface area contributed by atoms with E-state index in [9.17, 15) is 36.6 Å². The van der Waals surface area contributed by atoms with Gasteiger partial charge in [0.2, 0.25) is 11.6 Å². The van der Waals surface area contributed by atoms with Crippen molar-refractivity contribution in [3.63, 3.8) is 0 Å². The van der Waals surface area contributed by atoms with E-state index in [2.05, 4.69) is 4.74 Å². The summed E-state index contributed by atoms with van der Waals surface area (Å²) < 4.78 is 72.5. The van der Waals surface area contributed by atoms with Crippen LogP contribution in [0.2, 0.25) is 0 Å². The molecule has 0 aromatic heterocycles. The number of Topliss-reactive ketones (excluding diaryl/α,β-unsaturated/α-hetero) is 1. The summed E-state index contributed by atoms with van der Waals surface area (Å²) in [5.41, 5.74) is -3.45. The van der Waals surface area contributed by atoms with E-state index in [1.807, 2.05) is 0 Å². The molecule has 2 rings (SSSR count). The van der Waals surface area contributed by atoms with Crippen molar-refractivity contribution in [3.8, 4) is 0 Å². The standard InChI is InChI=1S/C17H16F5NO4/c1-3-27-16(26)8(6-23(2)17(7-24)4-5-17)15(25)9-10(18)12(20)14(22)13(21)11(9)19/h6,24H,3-5,7H2,1-2H3/b8-6+. The van der Waals surface area contributed by atoms with Gasteiger partial charge in [-0.25, -0.2) is 26.7 Å². The smallest absolute Gasteiger partial charge is 0.343 e. The first-order valence-electron chi connectivity index (χ1n) is 7.90. The Bertz CT molecular complexity index is 791. The maximum atomic E-state index is 13.9. The summed E-state index contributed by atoms with van der Waals surface area (Å²) in [5.74, 6) is -14.7. The van der Waals surface area contributed by atoms with Gasteiger partial charge in [-0.05, 0) is 19.8 Å². The molecule has 0 aliphatic heterocycles. The number of halogens is 5. The SMILES string of the molecule is CCOC(=O)/C(=C/N(C)C1(CO)CC1)C(=O)c1c(F)c(F)c(F)c(F)c1F. The predicted octanol–water partition coefficient (Wildman–Crippen LogP) is 2.47. The van der Waals surface area contributed by atoms with Gasteiger partial charge in [-0.1, -0.05) is 0 Å². The molecule has 1 aliphatic carbocycles. The molecular formula is C17H16F5NO4. The van der Waals surface area contributed by atoms with Crippen molar-refractivity contribution >= 4 is 11.8 Å². The van der Waals surface area contributed by atoms with Crippen LogP contribution in [0.25, 0.3) is 0 Å². The van der Waals surface area contributed by atoms with E-state index in [1.165, 1.54) is 18.9 Å². The lowest BCUT2D eigenvalue weighted by Crippen LogP contribution is -2.34. The number of carbonyl (C=O) groups is 2. The Hall–Kier alpha value is -2.49. The summed E-state index contributed by atoms with van der Waals surface area (Å²) in [4.78, 5) is 25.9. The zero-order valence-corrected chi connectivity index (χ0v) is 14.4. The van der Waals surface area contributed by atoms with Crippen LogP contribution >= 0.6 is 0 Å². The molecule has 1 N–H and O–H groups in total. The van der Waals surface area contributed by atoms with E-state index in [-0.39, 0.29) is 13.2 Å². The van der Waals surface area contributed by atoms with E-state index >= 15 is 0 Å². The van der Waals surface area contributed by atoms with Crippen LogP contribution < -0.4 is 0 Å². The van der Waals surface area contributed by atoms with E-state index in [4.69, 9.17) is 0 Å². The molecule has 0 atom stereocenters. The van der Waals surface area contributed by atoms with Gasteiger partial charge < -0.3 is 14.7 Å². The number of aliphatic hydroxyl groups excluding tert-OH is 1. The molecule has 1 fully saturated rings. The molecule has 5 nitrogen and oxygen atoms in total. The molecule has 0 unspecified atom stereocenters. The zero-order valence-electron chi connectivity index (χ0n) is 14.4. The fourth-order valence-corrected chi connectivity index (χ4v) is 2.45. The fraction of sp³-hybridized carbons (Fsp3) is 0.412. The minimum absolute atomic E-state index is 0.199. The Morgan fingerprint density at radius 1 is 1.07 bits per heavy atom. The zero-order chi connectivity index (χ0) is 20.5. The first-order chi connectivity index (χ1) is 12.6. The van der Waals surface area contributed by atoms with Crippen molar-refractivity contribution < 1.29 is 41.4 Å². The van der Waals surface area contributed by atoms with Crippen LogP contribution in [0, 0.1) is 29.1 Å². The number of hydrogen-bond acceptors (Lipinski definition) is 5. The van der Waals surface area contributed by atoms with Crippen molar-refractivity contribution in [3.05, 3.63) is 46.4 Å². The molecule has 0 spiro atoms. The first kappa shape index (κ1) is 20.8. The van der Waals surface area contributed by atoms with Gasteiger partial charge >= 0.3 is 5.97 Å². The van der Waals surface area contributed by atoms with E-state index in [0.29, 0.717) is 12.8 Å². The van der Waals surface area contributed by atoms with E-state index < -0.39 is 57.5 Å². The van der Waals surface area contributed by atoms with Crippen LogP contribution in [-0.4, -0.2) is 47.6 Å². The lowest BCUT2D eigenvalue weighted by molar-refractivity contribution is -0.138. The molecule has 1 aromatic carbocycles. The second-order valence-corrected chi connectivity index (χ2v) is 6.03. The van der Waals surface area contributed by atoms with Crippen LogP contribution in [0.4, 0.5) is 22.0 Å². The average Bonchev–Trinajstić information content (AvgIpc) is 3.44. The predicted molar refractivity (Wildman–Crippen MR) is 82.1 cm³/mol. The molecule has 0 amide bonds. The Kier molecular flexibility index (Phi) is 5.88. The number of esters is 1. The molecule has 1 saturated carbocycles. The van der Waals surface area contributed by atoms with Crippen LogP contribution in [0.5, 0.6) is 0 Å². The minimum Gasteiger partial charge on any atom is -0.462 e. The Morgan fingerprint density at radius 2 is 1.56 bits per heavy atom. The summed E-state index contributed by atoms with van der Waals surface area (Å²) in [5, 5.41) is 9.40. The van der Waals surface area contributed by atoms with Crippen LogP contribution in [0.1, 0.15) is 30.1 Å². The molecule has 1 aromatic rings. The van der Waals surface area contributed by atoms with E-state index in [1.54, 1.807) is 0 Å². The van der Waals surface area contributed by atoms with Gasteiger partial charge in [0.1, 0.15) is 11.1 Å². The van der Waals surface area contributed by atoms with Gasteiger partial charge in [0.15, 0.2) is 23.3 Å². The molecule has 0 saturated heterocycles. The monoisotopic (exact) mass is 393 g/mol. The summed E-state index contributed by atoms with van der Waals surface area (Å²) in [6, 6.07) is 0. The lowest BCUT2D eigenvalue weighted by atomic mass is 10.0. The number of aliphatic hydroxyl groups is 1. The molecule has 0 radical (unpaired) electrons. The first-order valence-corrected chi connectivity index (χ1v) is 7.90. The lowest BCUT2D eigenvalue weighted by Gasteiger charge is -2.25. The largest absolute Gasteiger partial charge is 0.462 e. The molecule has 1 aliphatic rings. The van der Waals surface area contributed by atoms with Crippen LogP contribution in [-0.2, 0) is 9.53 Å². The minimum atomic E-state index is -2.42. The van der Waals surface area contributed by atoms with Crippen molar-refractivity contribution in [2.45, 2.75) is 25.3 Å². The Morgan fingerprint density at radius 3 is 1.96 bits per heavy atom. The summed E-state index contributed by atoms with van der Waals surface area (Å²) in [6.45, 7) is 0.875. The van der Waals surface area contributed by atoms with Crippen LogP contribution in [0.15, 0.2) is 11.8 Å². The summed E-state index contributed by atoms with van der Waals surface area (Å²) in [7, 11) is 1.40. The second kappa shape index (κ2) is 7.63. The van der Waals surface area contributed by atoms with Crippen molar-refractivity contribution in [2.75, 3.05) is 20.3 Å². The maximum absolute atomic E-state index is 13.9. The number of benzene rings is 1. The van der Waals surface area contributed by atoms with Gasteiger partial charge in [0, 0.05) is 13.2 Å². The molecule has 148 valence electrons. The topological polar surface area (TPSA) is 66.8 Å². The van der Waals surface area contributed by atoms with Crippen molar-refractivity contribution in [1.82, 2.24) is 4.90 Å². The third-order valence-corrected chi connectivity index (χ3v) is 4.37. The van der Waals surface area contributed by atoms with Gasteiger partial charge in [-0.15, -0.1) is 0 Å². The van der Waals surface area contributed by atoms with Gasteiger partial charge in [0.25, 0.3) is 0 Å². The highest BCUT2D eigenvalue weighted by atomic mass is 19.2. The molecule has 0 heterocycles. The number of likely N-dealkylation sites (N-methyl/N-ethyl adjacent to an activating group) is 1. The number of rotatable bonds is 7. The second-order valence-electron chi connectivity index (χ2n) is 6.03. The molecule has 0 bridgehead atoms. The summed E-state index contributed by atoms with van der Waals surface area (Å²) in [6.07, 6.45) is 1.91. The highest BCUT2D eigenvalue weighted by Gasteiger charge is 2.46. The number of carbonyl (C=O) groups excluding carboxylic acids is 2. The van der Waals surface area contributed by atoms with Crippen molar-refractivity contribution in [2.24, 2.45) is 0 Å². The normalized spacial score (nSPS) is 15.5. The maximum Gasteiger partial charge on any atom is 0.343 e. The number of hydrogen-bond donors (Lipinski definition) is 1. The Labute approximate surface area is 151 Å². The van der Waals surface area contributed by atoms with Crippen molar-refractivity contribution in [1.29, 1.82) is 0 Å². The molecule has 10 heteroatoms. The van der Waals surface area contributed by atoms with Gasteiger partial charge in [0.05, 0.1) is 18.8 Å². The van der Waals surface area contributed by atoms with Gasteiger partial charge in [-0.3, -0.25) is 4.79 Å². The fourth-order valence-electron chi connectivity index (χ4n) is 2.45. The average molecular weight is 393 g/mol. The Balaban J connectivity index is 2.58. The highest BCUT2D eigenvalue weighted by Crippen LogP contribution is 2.41. The molecular weight excluding hydrogens is 377 g/mol. The number of ether oxygens (including phenoxy) is 1. The molecule has 27 heavy (non-hydrogen) atoms. The van der Waals surface area contributed by atoms with Crippen LogP contribution in [0.3, 0.4) is 0 Å².